The van der Waals surface area contributed by atoms with Gasteiger partial charge in [-0.2, -0.15) is 0 Å². The van der Waals surface area contributed by atoms with Crippen molar-refractivity contribution in [2.45, 2.75) is 0 Å². The van der Waals surface area contributed by atoms with Crippen LogP contribution in [0.15, 0.2) is 0 Å². The van der Waals surface area contributed by atoms with Gasteiger partial charge in [-0.3, -0.25) is 9.36 Å². The Morgan fingerprint density at radius 3 is 1.83 bits per heavy atom. The Kier molecular flexibility index (Phi) is 32.4. The van der Waals surface area contributed by atoms with Gasteiger partial charge < -0.3 is 5.73 Å². The van der Waals surface area contributed by atoms with Crippen LogP contribution in [0.2, 0.25) is 0 Å². The Labute approximate surface area is 41.5 Å². The van der Waals surface area contributed by atoms with Crippen molar-refractivity contribution in [2.75, 3.05) is 0 Å². The highest BCUT2D eigenvalue weighted by atomic mass is 35.7. The largest absolute Gasteiger partial charge is 0.372 e. The molecule has 0 aromatic carbocycles. The van der Waals surface area contributed by atoms with E-state index in [0.717, 1.165) is 0 Å². The van der Waals surface area contributed by atoms with Gasteiger partial charge in [-0.15, -0.1) is 0 Å². The van der Waals surface area contributed by atoms with E-state index >= 15 is 0 Å². The third kappa shape index (κ3) is 1610. The molecule has 0 radical (unpaired) electrons. The van der Waals surface area contributed by atoms with Gasteiger partial charge >= 0.3 is 0 Å². The lowest BCUT2D eigenvalue weighted by atomic mass is 11.5. The van der Waals surface area contributed by atoms with E-state index in [1.165, 1.54) is 0 Å². The first-order chi connectivity index (χ1) is 2.83. The standard InChI is InChI=1S/CH3NO.ClOP/c2-1-3;1-3-2/h1H,(H2,2,3);. The quantitative estimate of drug-likeness (QED) is 0.381. The molecule has 0 fully saturated rings. The van der Waals surface area contributed by atoms with Crippen LogP contribution in [0.4, 0.5) is 0 Å². The maximum Gasteiger partial charge on any atom is 0.267 e. The molecule has 0 unspecified atom stereocenters. The van der Waals surface area contributed by atoms with E-state index < -0.39 is 0 Å². The molecule has 0 aliphatic rings. The van der Waals surface area contributed by atoms with E-state index in [1.807, 2.05) is 0 Å². The number of carbonyl (C=O) groups excluding carboxylic acids is 1. The summed E-state index contributed by atoms with van der Waals surface area (Å²) in [6.45, 7) is 0. The molecule has 0 aromatic rings. The van der Waals surface area contributed by atoms with Gasteiger partial charge in [0.25, 0.3) is 7.81 Å². The normalized spacial score (nSPS) is 5.50. The second kappa shape index (κ2) is 20.9. The summed E-state index contributed by atoms with van der Waals surface area (Å²) in [5, 5.41) is 0. The second-order valence-corrected chi connectivity index (χ2v) is 0.757. The van der Waals surface area contributed by atoms with Crippen LogP contribution < -0.4 is 5.73 Å². The molecule has 0 bridgehead atoms. The molecule has 0 saturated heterocycles. The fourth-order valence-electron chi connectivity index (χ4n) is 0. The Morgan fingerprint density at radius 1 is 1.83 bits per heavy atom. The van der Waals surface area contributed by atoms with E-state index in [0.29, 0.717) is 0 Å². The third-order valence-corrected chi connectivity index (χ3v) is 0. The van der Waals surface area contributed by atoms with Gasteiger partial charge in [0.1, 0.15) is 0 Å². The van der Waals surface area contributed by atoms with E-state index in [4.69, 9.17) is 9.36 Å². The number of hydrogen-bond donors (Lipinski definition) is 1. The Bertz CT molecular complexity index is 34.5. The zero-order valence-electron chi connectivity index (χ0n) is 2.80. The lowest BCUT2D eigenvalue weighted by molar-refractivity contribution is -0.106. The summed E-state index contributed by atoms with van der Waals surface area (Å²) >= 11 is 4.42. The van der Waals surface area contributed by atoms with Crippen molar-refractivity contribution < 1.29 is 9.36 Å². The SMILES string of the molecule is NC=O.O=PCl. The highest BCUT2D eigenvalue weighted by Crippen LogP contribution is 1.92. The van der Waals surface area contributed by atoms with E-state index in [1.54, 1.807) is 0 Å². The molecule has 0 aromatic heterocycles. The minimum atomic E-state index is -0.361. The van der Waals surface area contributed by atoms with Crippen molar-refractivity contribution in [3.63, 3.8) is 0 Å². The summed E-state index contributed by atoms with van der Waals surface area (Å²) in [5.41, 5.74) is 4.17. The summed E-state index contributed by atoms with van der Waals surface area (Å²) in [7, 11) is -0.361. The molecular formula is CH3ClNO2P. The maximum absolute atomic E-state index is 8.67. The van der Waals surface area contributed by atoms with Crippen molar-refractivity contribution in [1.82, 2.24) is 0 Å². The second-order valence-electron chi connectivity index (χ2n) is 0.205. The highest BCUT2D eigenvalue weighted by Gasteiger charge is 1.33. The number of primary amides is 1. The molecule has 5 heteroatoms. The average molecular weight is 127 g/mol. The van der Waals surface area contributed by atoms with Gasteiger partial charge in [-0.25, -0.2) is 0 Å². The third-order valence-electron chi connectivity index (χ3n) is 0. The molecule has 0 aliphatic heterocycles. The lowest BCUT2D eigenvalue weighted by Crippen LogP contribution is -1.82. The van der Waals surface area contributed by atoms with Crippen molar-refractivity contribution >= 4 is 25.5 Å². The summed E-state index contributed by atoms with van der Waals surface area (Å²) in [6, 6.07) is 0. The monoisotopic (exact) mass is 127 g/mol. The van der Waals surface area contributed by atoms with E-state index in [9.17, 15) is 0 Å². The Hall–Kier alpha value is -0.140. The minimum Gasteiger partial charge on any atom is -0.372 e. The number of rotatable bonds is 0. The van der Waals surface area contributed by atoms with Crippen LogP contribution in [0.1, 0.15) is 0 Å². The van der Waals surface area contributed by atoms with Crippen molar-refractivity contribution in [2.24, 2.45) is 5.73 Å². The van der Waals surface area contributed by atoms with Gasteiger partial charge in [-0.1, -0.05) is 0 Å². The number of amides is 1. The van der Waals surface area contributed by atoms with Gasteiger partial charge in [0.2, 0.25) is 6.41 Å². The number of carbonyl (C=O) groups is 1. The molecule has 2 N–H and O–H groups in total. The lowest BCUT2D eigenvalue weighted by Gasteiger charge is -1.32. The van der Waals surface area contributed by atoms with Crippen LogP contribution in [0, 0.1) is 0 Å². The summed E-state index contributed by atoms with van der Waals surface area (Å²) in [6.07, 6.45) is 0.250. The van der Waals surface area contributed by atoms with Gasteiger partial charge in [0.15, 0.2) is 0 Å². The number of nitrogens with two attached hydrogens (primary N) is 1. The molecule has 6 heavy (non-hydrogen) atoms. The molecule has 0 aliphatic carbocycles. The summed E-state index contributed by atoms with van der Waals surface area (Å²) < 4.78 is 8.67. The fraction of sp³-hybridized carbons (Fsp3) is 0. The zero-order chi connectivity index (χ0) is 5.41. The molecule has 0 atom stereocenters. The van der Waals surface area contributed by atoms with Crippen molar-refractivity contribution in [3.8, 4) is 0 Å². The van der Waals surface area contributed by atoms with Crippen LogP contribution in [-0.4, -0.2) is 6.41 Å². The molecular weight excluding hydrogens is 124 g/mol. The smallest absolute Gasteiger partial charge is 0.267 e. The predicted octanol–water partition coefficient (Wildman–Crippen LogP) is 0.533. The highest BCUT2D eigenvalue weighted by molar-refractivity contribution is 7.57. The fourth-order valence-corrected chi connectivity index (χ4v) is 0. The van der Waals surface area contributed by atoms with Gasteiger partial charge in [0, 0.05) is 0 Å². The van der Waals surface area contributed by atoms with Crippen LogP contribution >= 0.6 is 19.1 Å². The van der Waals surface area contributed by atoms with Crippen LogP contribution in [-0.2, 0) is 9.36 Å². The first-order valence-electron chi connectivity index (χ1n) is 0.921. The van der Waals surface area contributed by atoms with Gasteiger partial charge in [0.05, 0.1) is 0 Å². The molecule has 3 nitrogen and oxygen atoms in total. The Morgan fingerprint density at radius 2 is 1.83 bits per heavy atom. The first kappa shape index (κ1) is 9.29. The summed E-state index contributed by atoms with van der Waals surface area (Å²) in [5.74, 6) is 0. The molecule has 0 spiro atoms. The zero-order valence-corrected chi connectivity index (χ0v) is 4.45. The van der Waals surface area contributed by atoms with Crippen LogP contribution in [0.5, 0.6) is 0 Å². The molecule has 36 valence electrons. The van der Waals surface area contributed by atoms with Crippen LogP contribution in [0.3, 0.4) is 0 Å². The molecule has 0 heterocycles. The van der Waals surface area contributed by atoms with Crippen molar-refractivity contribution in [1.29, 1.82) is 0 Å². The Balaban J connectivity index is 0. The van der Waals surface area contributed by atoms with E-state index in [-0.39, 0.29) is 14.2 Å². The predicted molar refractivity (Wildman–Crippen MR) is 23.7 cm³/mol. The van der Waals surface area contributed by atoms with Crippen LogP contribution in [0.25, 0.3) is 0 Å². The topological polar surface area (TPSA) is 60.2 Å². The molecule has 1 amide bonds. The minimum absolute atomic E-state index is 0.250. The first-order valence-corrected chi connectivity index (χ1v) is 2.64. The average Bonchev–Trinajstić information content (AvgIpc) is 1.39. The van der Waals surface area contributed by atoms with Gasteiger partial charge in [-0.05, 0) is 11.2 Å². The molecule has 0 rings (SSSR count). The number of hydrogen-bond acceptors (Lipinski definition) is 2. The molecule has 0 saturated carbocycles. The van der Waals surface area contributed by atoms with E-state index in [2.05, 4.69) is 17.0 Å². The summed E-state index contributed by atoms with van der Waals surface area (Å²) in [4.78, 5) is 8.58. The maximum atomic E-state index is 8.67. The van der Waals surface area contributed by atoms with Crippen molar-refractivity contribution in [3.05, 3.63) is 0 Å². The number of halogens is 1.